The number of rotatable bonds is 11. The highest BCUT2D eigenvalue weighted by molar-refractivity contribution is 6.39. The third-order valence-corrected chi connectivity index (χ3v) is 10.7. The number of ether oxygens (including phenoxy) is 1. The van der Waals surface area contributed by atoms with Gasteiger partial charge in [-0.3, -0.25) is 19.2 Å². The highest BCUT2D eigenvalue weighted by atomic mass is 16.5. The molecule has 5 amide bonds. The highest BCUT2D eigenvalue weighted by Gasteiger charge is 2.49. The van der Waals surface area contributed by atoms with Crippen molar-refractivity contribution in [2.45, 2.75) is 101 Å². The first-order valence-electron chi connectivity index (χ1n) is 18.1. The van der Waals surface area contributed by atoms with Crippen molar-refractivity contribution in [3.63, 3.8) is 0 Å². The zero-order valence-corrected chi connectivity index (χ0v) is 29.7. The van der Waals surface area contributed by atoms with Gasteiger partial charge in [0.1, 0.15) is 23.2 Å². The number of carbonyl (C=O) groups is 5. The first-order chi connectivity index (χ1) is 24.9. The molecule has 3 aromatic rings. The Morgan fingerprint density at radius 2 is 1.75 bits per heavy atom. The lowest BCUT2D eigenvalue weighted by molar-refractivity contribution is -0.147. The van der Waals surface area contributed by atoms with Gasteiger partial charge in [0.25, 0.3) is 5.91 Å². The second-order valence-electron chi connectivity index (χ2n) is 14.8. The van der Waals surface area contributed by atoms with Crippen molar-refractivity contribution in [2.75, 3.05) is 25.1 Å². The molecule has 0 radical (unpaired) electrons. The van der Waals surface area contributed by atoms with E-state index in [9.17, 15) is 29.1 Å². The topological polar surface area (TPSA) is 211 Å². The van der Waals surface area contributed by atoms with E-state index in [4.69, 9.17) is 10.5 Å². The van der Waals surface area contributed by atoms with E-state index in [-0.39, 0.29) is 44.9 Å². The van der Waals surface area contributed by atoms with Gasteiger partial charge in [-0.2, -0.15) is 0 Å². The van der Waals surface area contributed by atoms with Crippen LogP contribution in [0.25, 0.3) is 10.8 Å². The molecule has 1 aromatic heterocycles. The number of benzene rings is 2. The molecule has 1 aliphatic carbocycles. The first kappa shape index (κ1) is 36.9. The first-order valence-corrected chi connectivity index (χ1v) is 18.1. The number of carbonyl (C=O) groups excluding carboxylic acids is 5. The summed E-state index contributed by atoms with van der Waals surface area (Å²) in [5.74, 6) is -3.03. The number of anilines is 1. The van der Waals surface area contributed by atoms with Crippen LogP contribution in [0.4, 0.5) is 10.5 Å². The van der Waals surface area contributed by atoms with Gasteiger partial charge < -0.3 is 36.4 Å². The van der Waals surface area contributed by atoms with E-state index in [1.54, 1.807) is 19.9 Å². The van der Waals surface area contributed by atoms with Gasteiger partial charge in [0.2, 0.25) is 17.6 Å². The van der Waals surface area contributed by atoms with Crippen molar-refractivity contribution in [1.82, 2.24) is 30.5 Å². The molecule has 1 saturated carbocycles. The molecule has 15 heteroatoms. The summed E-state index contributed by atoms with van der Waals surface area (Å²) >= 11 is 0. The molecule has 2 unspecified atom stereocenters. The zero-order chi connectivity index (χ0) is 37.0. The number of primary amides is 1. The summed E-state index contributed by atoms with van der Waals surface area (Å²) in [5, 5.41) is 29.6. The fourth-order valence-corrected chi connectivity index (χ4v) is 7.95. The van der Waals surface area contributed by atoms with E-state index in [2.05, 4.69) is 26.3 Å². The van der Waals surface area contributed by atoms with Crippen molar-refractivity contribution < 1.29 is 33.8 Å². The Kier molecular flexibility index (Phi) is 10.9. The summed E-state index contributed by atoms with van der Waals surface area (Å²) in [6.07, 6.45) is 6.94. The van der Waals surface area contributed by atoms with E-state index in [0.717, 1.165) is 42.9 Å². The van der Waals surface area contributed by atoms with Gasteiger partial charge in [0.05, 0.1) is 23.6 Å². The van der Waals surface area contributed by atoms with E-state index < -0.39 is 58.8 Å². The van der Waals surface area contributed by atoms with E-state index in [1.807, 2.05) is 36.4 Å². The molecule has 6 N–H and O–H groups in total. The SMILES string of the molecule is CC(C)(O)c1cnnn1C1CC(C(=O)NC2(C(=O)C(N)=O)CCOCC2)N(C(=O)[C@@H](CC2CCCCC2)NC(=O)Nc2cccc3ccccc23)C1. The van der Waals surface area contributed by atoms with Gasteiger partial charge >= 0.3 is 6.03 Å². The second kappa shape index (κ2) is 15.4. The Labute approximate surface area is 302 Å². The molecule has 2 aliphatic heterocycles. The van der Waals surface area contributed by atoms with Gasteiger partial charge in [-0.05, 0) is 37.6 Å². The number of likely N-dealkylation sites (tertiary alicyclic amines) is 1. The van der Waals surface area contributed by atoms with Gasteiger partial charge in [-0.1, -0.05) is 73.7 Å². The monoisotopic (exact) mass is 716 g/mol. The average molecular weight is 717 g/mol. The minimum Gasteiger partial charge on any atom is -0.384 e. The van der Waals surface area contributed by atoms with E-state index in [1.165, 1.54) is 15.8 Å². The van der Waals surface area contributed by atoms with Crippen LogP contribution in [-0.4, -0.2) is 91.9 Å². The summed E-state index contributed by atoms with van der Waals surface area (Å²) in [6.45, 7) is 3.45. The van der Waals surface area contributed by atoms with Crippen LogP contribution in [0.15, 0.2) is 48.7 Å². The van der Waals surface area contributed by atoms with Crippen LogP contribution in [-0.2, 0) is 29.5 Å². The largest absolute Gasteiger partial charge is 0.384 e. The van der Waals surface area contributed by atoms with Crippen molar-refractivity contribution in [3.05, 3.63) is 54.4 Å². The Bertz CT molecular complexity index is 1800. The lowest BCUT2D eigenvalue weighted by Crippen LogP contribution is -2.64. The van der Waals surface area contributed by atoms with Crippen LogP contribution < -0.4 is 21.7 Å². The van der Waals surface area contributed by atoms with Crippen LogP contribution in [0, 0.1) is 5.92 Å². The summed E-state index contributed by atoms with van der Waals surface area (Å²) in [7, 11) is 0. The quantitative estimate of drug-likeness (QED) is 0.185. The van der Waals surface area contributed by atoms with E-state index >= 15 is 0 Å². The number of urea groups is 1. The van der Waals surface area contributed by atoms with Gasteiger partial charge in [0.15, 0.2) is 0 Å². The molecule has 3 fully saturated rings. The number of ketones is 1. The molecule has 2 aromatic carbocycles. The van der Waals surface area contributed by atoms with Crippen LogP contribution in [0.2, 0.25) is 0 Å². The number of fused-ring (bicyclic) bond motifs is 1. The van der Waals surface area contributed by atoms with Gasteiger partial charge in [-0.25, -0.2) is 9.48 Å². The molecule has 3 heterocycles. The minimum atomic E-state index is -1.59. The molecule has 3 aliphatic rings. The number of Topliss-reactive ketones (excluding diaryl/α,β-unsaturated/α-hetero) is 1. The number of hydrogen-bond acceptors (Lipinski definition) is 9. The third kappa shape index (κ3) is 7.94. The maximum atomic E-state index is 14.8. The van der Waals surface area contributed by atoms with Gasteiger partial charge in [0, 0.05) is 44.4 Å². The Morgan fingerprint density at radius 3 is 2.46 bits per heavy atom. The lowest BCUT2D eigenvalue weighted by Gasteiger charge is -2.37. The maximum absolute atomic E-state index is 14.8. The predicted octanol–water partition coefficient (Wildman–Crippen LogP) is 2.68. The normalized spacial score (nSPS) is 21.3. The zero-order valence-electron chi connectivity index (χ0n) is 29.7. The molecule has 15 nitrogen and oxygen atoms in total. The summed E-state index contributed by atoms with van der Waals surface area (Å²) in [6, 6.07) is 9.99. The molecule has 6 rings (SSSR count). The molecule has 52 heavy (non-hydrogen) atoms. The molecular weight excluding hydrogens is 668 g/mol. The van der Waals surface area contributed by atoms with Gasteiger partial charge in [-0.15, -0.1) is 5.10 Å². The summed E-state index contributed by atoms with van der Waals surface area (Å²) in [5.41, 5.74) is 3.49. The number of aliphatic hydroxyl groups is 1. The van der Waals surface area contributed by atoms with Crippen molar-refractivity contribution in [2.24, 2.45) is 11.7 Å². The third-order valence-electron chi connectivity index (χ3n) is 10.7. The molecule has 0 spiro atoms. The molecule has 278 valence electrons. The van der Waals surface area contributed by atoms with E-state index in [0.29, 0.717) is 17.8 Å². The number of hydrogen-bond donors (Lipinski definition) is 5. The fourth-order valence-electron chi connectivity index (χ4n) is 7.95. The van der Waals surface area contributed by atoms with Crippen LogP contribution >= 0.6 is 0 Å². The van der Waals surface area contributed by atoms with Crippen molar-refractivity contribution in [1.29, 1.82) is 0 Å². The number of nitrogens with zero attached hydrogens (tertiary/aromatic N) is 4. The van der Waals surface area contributed by atoms with Crippen molar-refractivity contribution in [3.8, 4) is 0 Å². The molecule has 2 saturated heterocycles. The molecular formula is C37H48N8O7. The Morgan fingerprint density at radius 1 is 1.04 bits per heavy atom. The maximum Gasteiger partial charge on any atom is 0.319 e. The predicted molar refractivity (Wildman–Crippen MR) is 191 cm³/mol. The summed E-state index contributed by atoms with van der Waals surface area (Å²) < 4.78 is 6.95. The number of amides is 5. The second-order valence-corrected chi connectivity index (χ2v) is 14.8. The fraction of sp³-hybridized carbons (Fsp3) is 0.541. The highest BCUT2D eigenvalue weighted by Crippen LogP contribution is 2.34. The lowest BCUT2D eigenvalue weighted by atomic mass is 9.84. The minimum absolute atomic E-state index is 0.0109. The Balaban J connectivity index is 1.31. The smallest absolute Gasteiger partial charge is 0.319 e. The van der Waals surface area contributed by atoms with Crippen LogP contribution in [0.3, 0.4) is 0 Å². The molecule has 3 atom stereocenters. The Hall–Kier alpha value is -4.89. The van der Waals surface area contributed by atoms with Crippen molar-refractivity contribution >= 4 is 46.0 Å². The van der Waals surface area contributed by atoms with Crippen LogP contribution in [0.5, 0.6) is 0 Å². The standard InChI is InChI=1S/C37H48N8O7/c1-36(2,51)30-21-39-43-45(30)25-20-29(33(48)42-37(31(46)32(38)47)15-17-52-18-16-37)44(22-25)34(49)28(19-23-9-4-3-5-10-23)41-35(50)40-27-14-8-12-24-11-6-7-13-26(24)27/h6-8,11-14,21,23,25,28-29,51H,3-5,9-10,15-20,22H2,1-2H3,(H2,38,47)(H,42,48)(H2,40,41,50)/t25?,28-,29?/m1/s1. The number of aromatic nitrogens is 3. The number of nitrogens with two attached hydrogens (primary N) is 1. The number of nitrogens with one attached hydrogen (secondary N) is 3. The van der Waals surface area contributed by atoms with Crippen LogP contribution in [0.1, 0.15) is 83.4 Å². The molecule has 0 bridgehead atoms. The average Bonchev–Trinajstić information content (AvgIpc) is 3.80. The summed E-state index contributed by atoms with van der Waals surface area (Å²) in [4.78, 5) is 69.5.